The Labute approximate surface area is 65.9 Å². The number of hydrogen-bond acceptors (Lipinski definition) is 3. The minimum absolute atomic E-state index is 0.150. The van der Waals surface area contributed by atoms with E-state index in [1.807, 2.05) is 0 Å². The van der Waals surface area contributed by atoms with Gasteiger partial charge >= 0.3 is 0 Å². The fourth-order valence-electron chi connectivity index (χ4n) is 1.23. The van der Waals surface area contributed by atoms with Crippen LogP contribution in [0.5, 0.6) is 0 Å². The van der Waals surface area contributed by atoms with Gasteiger partial charge in [-0.25, -0.2) is 0 Å². The van der Waals surface area contributed by atoms with Crippen molar-refractivity contribution < 1.29 is 9.53 Å². The number of carbonyl (C=O) groups is 1. The fourth-order valence-corrected chi connectivity index (χ4v) is 1.23. The van der Waals surface area contributed by atoms with Crippen molar-refractivity contribution in [2.45, 2.75) is 31.4 Å². The third-order valence-corrected chi connectivity index (χ3v) is 1.91. The van der Waals surface area contributed by atoms with Crippen molar-refractivity contribution in [3.8, 4) is 0 Å². The molecule has 1 unspecified atom stereocenters. The first-order valence-electron chi connectivity index (χ1n) is 3.86. The Bertz CT molecular complexity index is 143. The number of rotatable bonds is 3. The zero-order valence-corrected chi connectivity index (χ0v) is 6.45. The van der Waals surface area contributed by atoms with Crippen molar-refractivity contribution in [1.29, 1.82) is 0 Å². The molecule has 1 amide bonds. The van der Waals surface area contributed by atoms with Gasteiger partial charge in [-0.2, -0.15) is 0 Å². The topological polar surface area (TPSA) is 78.3 Å². The third-order valence-electron chi connectivity index (χ3n) is 1.91. The second-order valence-electron chi connectivity index (χ2n) is 2.88. The van der Waals surface area contributed by atoms with Gasteiger partial charge in [0.1, 0.15) is 0 Å². The minimum atomic E-state index is -0.543. The van der Waals surface area contributed by atoms with Crippen LogP contribution < -0.4 is 11.5 Å². The first kappa shape index (κ1) is 8.49. The Kier molecular flexibility index (Phi) is 2.84. The first-order valence-corrected chi connectivity index (χ1v) is 3.86. The highest BCUT2D eigenvalue weighted by atomic mass is 16.5. The summed E-state index contributed by atoms with van der Waals surface area (Å²) in [5, 5.41) is 0. The number of nitrogens with two attached hydrogens (primary N) is 2. The standard InChI is InChI=1S/C7H14N2O2/c8-6(7(9)10)4-5-2-1-3-11-5/h5-6H,1-4,8H2,(H2,9,10)/t5-,6?/m0/s1. The van der Waals surface area contributed by atoms with E-state index in [9.17, 15) is 4.79 Å². The summed E-state index contributed by atoms with van der Waals surface area (Å²) >= 11 is 0. The minimum Gasteiger partial charge on any atom is -0.378 e. The number of hydrogen-bond donors (Lipinski definition) is 2. The normalized spacial score (nSPS) is 26.8. The predicted octanol–water partition coefficient (Wildman–Crippen LogP) is -0.632. The Balaban J connectivity index is 2.23. The molecule has 4 nitrogen and oxygen atoms in total. The van der Waals surface area contributed by atoms with Crippen LogP contribution in [0.2, 0.25) is 0 Å². The van der Waals surface area contributed by atoms with Crippen LogP contribution in [0.15, 0.2) is 0 Å². The van der Waals surface area contributed by atoms with Crippen molar-refractivity contribution >= 4 is 5.91 Å². The molecule has 0 radical (unpaired) electrons. The van der Waals surface area contributed by atoms with E-state index in [0.717, 1.165) is 19.4 Å². The van der Waals surface area contributed by atoms with Gasteiger partial charge in [-0.3, -0.25) is 4.79 Å². The molecule has 2 atom stereocenters. The van der Waals surface area contributed by atoms with Crippen molar-refractivity contribution in [3.63, 3.8) is 0 Å². The summed E-state index contributed by atoms with van der Waals surface area (Å²) in [4.78, 5) is 10.5. The van der Waals surface area contributed by atoms with E-state index in [0.29, 0.717) is 6.42 Å². The first-order chi connectivity index (χ1) is 5.20. The zero-order valence-electron chi connectivity index (χ0n) is 6.45. The van der Waals surface area contributed by atoms with E-state index in [2.05, 4.69) is 0 Å². The van der Waals surface area contributed by atoms with Gasteiger partial charge in [0, 0.05) is 6.61 Å². The largest absolute Gasteiger partial charge is 0.378 e. The smallest absolute Gasteiger partial charge is 0.234 e. The lowest BCUT2D eigenvalue weighted by Crippen LogP contribution is -2.38. The molecule has 1 saturated heterocycles. The molecule has 1 aliphatic heterocycles. The fraction of sp³-hybridized carbons (Fsp3) is 0.857. The molecule has 1 aliphatic rings. The van der Waals surface area contributed by atoms with E-state index in [1.54, 1.807) is 0 Å². The summed E-state index contributed by atoms with van der Waals surface area (Å²) in [6.45, 7) is 0.788. The van der Waals surface area contributed by atoms with Gasteiger partial charge in [0.25, 0.3) is 0 Å². The van der Waals surface area contributed by atoms with Crippen LogP contribution >= 0.6 is 0 Å². The molecular formula is C7H14N2O2. The summed E-state index contributed by atoms with van der Waals surface area (Å²) in [5.74, 6) is -0.444. The van der Waals surface area contributed by atoms with E-state index in [1.165, 1.54) is 0 Å². The lowest BCUT2D eigenvalue weighted by molar-refractivity contribution is -0.120. The number of amides is 1. The molecule has 0 saturated carbocycles. The van der Waals surface area contributed by atoms with E-state index < -0.39 is 11.9 Å². The van der Waals surface area contributed by atoms with Crippen LogP contribution in [0.4, 0.5) is 0 Å². The maximum atomic E-state index is 10.5. The Morgan fingerprint density at radius 2 is 2.45 bits per heavy atom. The van der Waals surface area contributed by atoms with Gasteiger partial charge in [-0.05, 0) is 19.3 Å². The Morgan fingerprint density at radius 3 is 2.91 bits per heavy atom. The quantitative estimate of drug-likeness (QED) is 0.574. The van der Waals surface area contributed by atoms with Crippen molar-refractivity contribution in [3.05, 3.63) is 0 Å². The molecule has 4 N–H and O–H groups in total. The lowest BCUT2D eigenvalue weighted by Gasteiger charge is -2.12. The summed E-state index contributed by atoms with van der Waals surface area (Å²) in [6.07, 6.45) is 2.78. The molecule has 0 aromatic heterocycles. The molecule has 0 aromatic carbocycles. The molecule has 1 rings (SSSR count). The van der Waals surface area contributed by atoms with Crippen LogP contribution in [-0.2, 0) is 9.53 Å². The van der Waals surface area contributed by atoms with Crippen LogP contribution in [0, 0.1) is 0 Å². The SMILES string of the molecule is NC(=O)C(N)C[C@@H]1CCCO1. The molecule has 1 heterocycles. The van der Waals surface area contributed by atoms with Crippen LogP contribution in [0.25, 0.3) is 0 Å². The lowest BCUT2D eigenvalue weighted by atomic mass is 10.1. The number of carbonyl (C=O) groups excluding carboxylic acids is 1. The summed E-state index contributed by atoms with van der Waals surface area (Å²) < 4.78 is 5.29. The molecule has 11 heavy (non-hydrogen) atoms. The number of ether oxygens (including phenoxy) is 1. The second kappa shape index (κ2) is 3.69. The predicted molar refractivity (Wildman–Crippen MR) is 40.8 cm³/mol. The summed E-state index contributed by atoms with van der Waals surface area (Å²) in [7, 11) is 0. The van der Waals surface area contributed by atoms with Gasteiger partial charge in [-0.1, -0.05) is 0 Å². The molecule has 0 spiro atoms. The van der Waals surface area contributed by atoms with Gasteiger partial charge in [0.15, 0.2) is 0 Å². The number of primary amides is 1. The van der Waals surface area contributed by atoms with Crippen molar-refractivity contribution in [1.82, 2.24) is 0 Å². The van der Waals surface area contributed by atoms with Crippen LogP contribution in [0.3, 0.4) is 0 Å². The van der Waals surface area contributed by atoms with Gasteiger partial charge < -0.3 is 16.2 Å². The highest BCUT2D eigenvalue weighted by molar-refractivity contribution is 5.79. The van der Waals surface area contributed by atoms with Crippen molar-refractivity contribution in [2.24, 2.45) is 11.5 Å². The molecule has 1 fully saturated rings. The van der Waals surface area contributed by atoms with Crippen LogP contribution in [0.1, 0.15) is 19.3 Å². The maximum absolute atomic E-state index is 10.5. The molecule has 0 aliphatic carbocycles. The molecular weight excluding hydrogens is 144 g/mol. The third kappa shape index (κ3) is 2.48. The Hall–Kier alpha value is -0.610. The zero-order chi connectivity index (χ0) is 8.27. The van der Waals surface area contributed by atoms with E-state index >= 15 is 0 Å². The van der Waals surface area contributed by atoms with Gasteiger partial charge in [0.2, 0.25) is 5.91 Å². The Morgan fingerprint density at radius 1 is 1.73 bits per heavy atom. The molecule has 4 heteroatoms. The second-order valence-corrected chi connectivity index (χ2v) is 2.88. The molecule has 0 aromatic rings. The van der Waals surface area contributed by atoms with Gasteiger partial charge in [0.05, 0.1) is 12.1 Å². The monoisotopic (exact) mass is 158 g/mol. The van der Waals surface area contributed by atoms with E-state index in [-0.39, 0.29) is 6.10 Å². The molecule has 64 valence electrons. The van der Waals surface area contributed by atoms with Crippen LogP contribution in [-0.4, -0.2) is 24.7 Å². The highest BCUT2D eigenvalue weighted by Gasteiger charge is 2.20. The maximum Gasteiger partial charge on any atom is 0.234 e. The van der Waals surface area contributed by atoms with Gasteiger partial charge in [-0.15, -0.1) is 0 Å². The summed E-state index contributed by atoms with van der Waals surface area (Å²) in [6, 6.07) is -0.543. The average molecular weight is 158 g/mol. The highest BCUT2D eigenvalue weighted by Crippen LogP contribution is 2.15. The van der Waals surface area contributed by atoms with E-state index in [4.69, 9.17) is 16.2 Å². The van der Waals surface area contributed by atoms with Crippen molar-refractivity contribution in [2.75, 3.05) is 6.61 Å². The summed E-state index contributed by atoms with van der Waals surface area (Å²) in [5.41, 5.74) is 10.4. The average Bonchev–Trinajstić information content (AvgIpc) is 2.39. The molecule has 0 bridgehead atoms.